The van der Waals surface area contributed by atoms with Gasteiger partial charge in [-0.15, -0.1) is 24.2 Å². The van der Waals surface area contributed by atoms with Crippen LogP contribution in [0.3, 0.4) is 0 Å². The first-order valence-electron chi connectivity index (χ1n) is 7.35. The highest BCUT2D eigenvalue weighted by atomic mass is 35.5. The number of hydrogen-bond donors (Lipinski definition) is 2. The molecule has 1 rings (SSSR count). The standard InChI is InChI=1S/C16H26N2OS.ClH/c1-4-10-17-11-12-18-16(19)15(13(2)3)20-14-8-6-5-7-9-14;/h5-9,13,15,17H,4,10-12H2,1-3H3,(H,18,19);1H. The van der Waals surface area contributed by atoms with Crippen LogP contribution in [0.2, 0.25) is 0 Å². The lowest BCUT2D eigenvalue weighted by molar-refractivity contribution is -0.121. The summed E-state index contributed by atoms with van der Waals surface area (Å²) in [7, 11) is 0. The summed E-state index contributed by atoms with van der Waals surface area (Å²) in [5.74, 6) is 0.441. The van der Waals surface area contributed by atoms with Crippen molar-refractivity contribution >= 4 is 30.1 Å². The average molecular weight is 331 g/mol. The number of amides is 1. The second kappa shape index (κ2) is 11.9. The lowest BCUT2D eigenvalue weighted by Gasteiger charge is -2.20. The largest absolute Gasteiger partial charge is 0.354 e. The van der Waals surface area contributed by atoms with Crippen LogP contribution < -0.4 is 10.6 Å². The molecule has 0 aliphatic carbocycles. The van der Waals surface area contributed by atoms with Crippen molar-refractivity contribution in [3.05, 3.63) is 30.3 Å². The molecular weight excluding hydrogens is 304 g/mol. The van der Waals surface area contributed by atoms with Crippen LogP contribution in [-0.4, -0.2) is 30.8 Å². The van der Waals surface area contributed by atoms with Gasteiger partial charge in [-0.05, 0) is 31.0 Å². The number of carbonyl (C=O) groups excluding carboxylic acids is 1. The van der Waals surface area contributed by atoms with Gasteiger partial charge in [-0.1, -0.05) is 39.0 Å². The predicted octanol–water partition coefficient (Wildman–Crippen LogP) is 3.34. The third kappa shape index (κ3) is 8.34. The van der Waals surface area contributed by atoms with Crippen molar-refractivity contribution in [1.29, 1.82) is 0 Å². The lowest BCUT2D eigenvalue weighted by atomic mass is 10.1. The van der Waals surface area contributed by atoms with Gasteiger partial charge >= 0.3 is 0 Å². The Balaban J connectivity index is 0.00000400. The number of thioether (sulfide) groups is 1. The summed E-state index contributed by atoms with van der Waals surface area (Å²) in [6, 6.07) is 10.1. The Labute approximate surface area is 139 Å². The molecule has 120 valence electrons. The number of rotatable bonds is 9. The Kier molecular flexibility index (Phi) is 11.5. The zero-order valence-corrected chi connectivity index (χ0v) is 14.7. The van der Waals surface area contributed by atoms with E-state index in [4.69, 9.17) is 0 Å². The fraction of sp³-hybridized carbons (Fsp3) is 0.562. The Hall–Kier alpha value is -0.710. The molecule has 0 fully saturated rings. The number of benzene rings is 1. The quantitative estimate of drug-likeness (QED) is 0.539. The molecule has 1 atom stereocenters. The summed E-state index contributed by atoms with van der Waals surface area (Å²) in [5, 5.41) is 6.27. The van der Waals surface area contributed by atoms with Gasteiger partial charge in [-0.2, -0.15) is 0 Å². The van der Waals surface area contributed by atoms with Gasteiger partial charge in [0.1, 0.15) is 0 Å². The summed E-state index contributed by atoms with van der Waals surface area (Å²) < 4.78 is 0. The van der Waals surface area contributed by atoms with E-state index in [9.17, 15) is 4.79 Å². The molecule has 1 aromatic carbocycles. The van der Waals surface area contributed by atoms with E-state index in [2.05, 4.69) is 43.5 Å². The van der Waals surface area contributed by atoms with Crippen LogP contribution in [0, 0.1) is 5.92 Å². The van der Waals surface area contributed by atoms with Gasteiger partial charge in [-0.25, -0.2) is 0 Å². The first-order chi connectivity index (χ1) is 9.65. The molecule has 5 heteroatoms. The highest BCUT2D eigenvalue weighted by Gasteiger charge is 2.22. The van der Waals surface area contributed by atoms with Crippen molar-refractivity contribution in [3.63, 3.8) is 0 Å². The number of hydrogen-bond acceptors (Lipinski definition) is 3. The molecule has 0 aliphatic rings. The van der Waals surface area contributed by atoms with E-state index >= 15 is 0 Å². The zero-order valence-electron chi connectivity index (χ0n) is 13.1. The van der Waals surface area contributed by atoms with Crippen LogP contribution >= 0.6 is 24.2 Å². The smallest absolute Gasteiger partial charge is 0.233 e. The molecule has 0 heterocycles. The normalized spacial score (nSPS) is 11.8. The van der Waals surface area contributed by atoms with Crippen molar-refractivity contribution in [2.24, 2.45) is 5.92 Å². The molecule has 0 aromatic heterocycles. The van der Waals surface area contributed by atoms with Crippen molar-refractivity contribution in [3.8, 4) is 0 Å². The molecule has 1 aromatic rings. The van der Waals surface area contributed by atoms with Crippen molar-refractivity contribution in [2.45, 2.75) is 37.3 Å². The predicted molar refractivity (Wildman–Crippen MR) is 94.3 cm³/mol. The van der Waals surface area contributed by atoms with Crippen LogP contribution in [-0.2, 0) is 4.79 Å². The van der Waals surface area contributed by atoms with Crippen LogP contribution in [0.1, 0.15) is 27.2 Å². The number of halogens is 1. The summed E-state index contributed by atoms with van der Waals surface area (Å²) in [6.45, 7) is 8.85. The van der Waals surface area contributed by atoms with Gasteiger partial charge in [-0.3, -0.25) is 4.79 Å². The third-order valence-electron chi connectivity index (χ3n) is 2.90. The van der Waals surface area contributed by atoms with E-state index in [1.807, 2.05) is 18.2 Å². The fourth-order valence-corrected chi connectivity index (χ4v) is 2.88. The van der Waals surface area contributed by atoms with E-state index in [1.54, 1.807) is 11.8 Å². The Morgan fingerprint density at radius 3 is 2.38 bits per heavy atom. The minimum Gasteiger partial charge on any atom is -0.354 e. The molecule has 3 nitrogen and oxygen atoms in total. The first-order valence-corrected chi connectivity index (χ1v) is 8.23. The van der Waals surface area contributed by atoms with Crippen molar-refractivity contribution in [2.75, 3.05) is 19.6 Å². The first kappa shape index (κ1) is 20.3. The highest BCUT2D eigenvalue weighted by molar-refractivity contribution is 8.00. The summed E-state index contributed by atoms with van der Waals surface area (Å²) >= 11 is 1.64. The maximum absolute atomic E-state index is 12.3. The number of carbonyl (C=O) groups is 1. The molecule has 0 saturated heterocycles. The van der Waals surface area contributed by atoms with Crippen LogP contribution in [0.5, 0.6) is 0 Å². The van der Waals surface area contributed by atoms with Crippen molar-refractivity contribution < 1.29 is 4.79 Å². The van der Waals surface area contributed by atoms with E-state index in [1.165, 1.54) is 0 Å². The summed E-state index contributed by atoms with van der Waals surface area (Å²) in [4.78, 5) is 13.4. The Bertz CT molecular complexity index is 387. The Morgan fingerprint density at radius 1 is 1.14 bits per heavy atom. The van der Waals surface area contributed by atoms with Crippen LogP contribution in [0.15, 0.2) is 35.2 Å². The van der Waals surface area contributed by atoms with Gasteiger partial charge < -0.3 is 10.6 Å². The summed E-state index contributed by atoms with van der Waals surface area (Å²) in [5.41, 5.74) is 0. The van der Waals surface area contributed by atoms with Gasteiger partial charge in [0.05, 0.1) is 5.25 Å². The van der Waals surface area contributed by atoms with E-state index < -0.39 is 0 Å². The molecule has 1 amide bonds. The van der Waals surface area contributed by atoms with E-state index in [0.29, 0.717) is 12.5 Å². The lowest BCUT2D eigenvalue weighted by Crippen LogP contribution is -2.39. The molecule has 1 unspecified atom stereocenters. The molecule has 0 radical (unpaired) electrons. The molecule has 0 aliphatic heterocycles. The zero-order chi connectivity index (χ0) is 14.8. The summed E-state index contributed by atoms with van der Waals surface area (Å²) in [6.07, 6.45) is 1.12. The van der Waals surface area contributed by atoms with Gasteiger partial charge in [0.25, 0.3) is 0 Å². The minimum absolute atomic E-state index is 0. The van der Waals surface area contributed by atoms with Gasteiger partial charge in [0.2, 0.25) is 5.91 Å². The average Bonchev–Trinajstić information content (AvgIpc) is 2.45. The molecular formula is C16H27ClN2OS. The second-order valence-electron chi connectivity index (χ2n) is 5.14. The van der Waals surface area contributed by atoms with Gasteiger partial charge in [0.15, 0.2) is 0 Å². The number of nitrogens with one attached hydrogen (secondary N) is 2. The van der Waals surface area contributed by atoms with E-state index in [0.717, 1.165) is 24.4 Å². The maximum atomic E-state index is 12.3. The second-order valence-corrected chi connectivity index (χ2v) is 6.35. The molecule has 0 saturated carbocycles. The Morgan fingerprint density at radius 2 is 1.81 bits per heavy atom. The maximum Gasteiger partial charge on any atom is 0.233 e. The monoisotopic (exact) mass is 330 g/mol. The minimum atomic E-state index is -0.0384. The van der Waals surface area contributed by atoms with Crippen LogP contribution in [0.4, 0.5) is 0 Å². The molecule has 21 heavy (non-hydrogen) atoms. The highest BCUT2D eigenvalue weighted by Crippen LogP contribution is 2.27. The van der Waals surface area contributed by atoms with Crippen LogP contribution in [0.25, 0.3) is 0 Å². The SMILES string of the molecule is CCCNCCNC(=O)C(Sc1ccccc1)C(C)C.Cl. The van der Waals surface area contributed by atoms with E-state index in [-0.39, 0.29) is 23.6 Å². The fourth-order valence-electron chi connectivity index (χ4n) is 1.81. The molecule has 0 bridgehead atoms. The molecule has 2 N–H and O–H groups in total. The topological polar surface area (TPSA) is 41.1 Å². The van der Waals surface area contributed by atoms with Gasteiger partial charge in [0, 0.05) is 18.0 Å². The van der Waals surface area contributed by atoms with Crippen molar-refractivity contribution in [1.82, 2.24) is 10.6 Å². The third-order valence-corrected chi connectivity index (χ3v) is 4.45. The molecule has 0 spiro atoms.